The Morgan fingerprint density at radius 1 is 1.25 bits per heavy atom. The van der Waals surface area contributed by atoms with E-state index in [1.807, 2.05) is 0 Å². The van der Waals surface area contributed by atoms with Gasteiger partial charge in [0.2, 0.25) is 0 Å². The molecule has 0 aromatic rings. The van der Waals surface area contributed by atoms with E-state index in [-0.39, 0.29) is 67.6 Å². The average Bonchev–Trinajstić information content (AvgIpc) is 1.00. The van der Waals surface area contributed by atoms with Gasteiger partial charge in [-0.3, -0.25) is 0 Å². The first-order chi connectivity index (χ1) is 1.00. The molecule has 17 valence electrons. The summed E-state index contributed by atoms with van der Waals surface area (Å²) in [6, 6.07) is 0. The predicted octanol–water partition coefficient (Wildman–Crippen LogP) is -0.505. The van der Waals surface area contributed by atoms with Gasteiger partial charge in [-0.05, 0) is 0 Å². The maximum atomic E-state index is 8.39. The Morgan fingerprint density at radius 2 is 1.25 bits per heavy atom. The van der Waals surface area contributed by atoms with Crippen LogP contribution in [0.3, 0.4) is 0 Å². The Labute approximate surface area is 69.3 Å². The summed E-state index contributed by atoms with van der Waals surface area (Å²) in [4.78, 5) is 0. The molecule has 0 aliphatic carbocycles. The zero-order chi connectivity index (χ0) is 2.00. The Balaban J connectivity index is -0.00000000500. The monoisotopic (exact) mass is 381 g/mol. The van der Waals surface area contributed by atoms with Crippen LogP contribution in [0, 0.1) is 0 Å². The molecule has 0 fully saturated rings. The second-order valence-electron chi connectivity index (χ2n) is 0. The fraction of sp³-hybridized carbons (Fsp3) is 0. The van der Waals surface area contributed by atoms with Gasteiger partial charge in [0, 0.05) is 41.9 Å². The fourth-order valence-electron chi connectivity index (χ4n) is 0. The molecule has 0 spiro atoms. The quantitative estimate of drug-likeness (QED) is 0.517. The summed E-state index contributed by atoms with van der Waals surface area (Å²) in [7, 11) is 0. The van der Waals surface area contributed by atoms with E-state index in [9.17, 15) is 0 Å². The Morgan fingerprint density at radius 3 is 1.25 bits per heavy atom. The minimum atomic E-state index is 0. The van der Waals surface area contributed by atoms with Crippen LogP contribution in [0.25, 0.3) is 0 Å². The van der Waals surface area contributed by atoms with Gasteiger partial charge >= 0.3 is 28.5 Å². The van der Waals surface area contributed by atoms with Crippen LogP contribution in [-0.2, 0) is 44.5 Å². The molecule has 0 N–H and O–H groups in total. The Bertz CT molecular complexity index is 8.00. The van der Waals surface area contributed by atoms with Gasteiger partial charge in [0.05, 0.1) is 0 Å². The van der Waals surface area contributed by atoms with Crippen LogP contribution in [0.2, 0.25) is 0 Å². The smallest absolute Gasteiger partial charge is 0 e. The van der Waals surface area contributed by atoms with Gasteiger partial charge in [-0.15, -0.1) is 0 Å². The summed E-state index contributed by atoms with van der Waals surface area (Å²) in [5.41, 5.74) is 0. The van der Waals surface area contributed by atoms with Crippen LogP contribution in [0.1, 0.15) is 0 Å². The Hall–Kier alpha value is 2.09. The first kappa shape index (κ1) is 16.5. The zero-order valence-corrected chi connectivity index (χ0v) is 11.1. The first-order valence-corrected chi connectivity index (χ1v) is 1.79. The average molecular weight is 381 g/mol. The minimum absolute atomic E-state index is 0. The Kier molecular flexibility index (Phi) is 80.7. The summed E-state index contributed by atoms with van der Waals surface area (Å²) in [6.45, 7) is 0. The summed E-state index contributed by atoms with van der Waals surface area (Å²) in [5.74, 6) is 0. The van der Waals surface area contributed by atoms with E-state index in [1.54, 1.807) is 0 Å². The van der Waals surface area contributed by atoms with Crippen LogP contribution in [0.5, 0.6) is 0 Å². The molecule has 4 heavy (non-hydrogen) atoms. The van der Waals surface area contributed by atoms with Crippen LogP contribution in [0.15, 0.2) is 0 Å². The topological polar surface area (TPSA) is 17.1 Å². The number of rotatable bonds is 0. The molecule has 0 saturated carbocycles. The van der Waals surface area contributed by atoms with E-state index >= 15 is 0 Å². The van der Waals surface area contributed by atoms with Gasteiger partial charge in [-0.2, -0.15) is 0 Å². The van der Waals surface area contributed by atoms with Crippen molar-refractivity contribution in [1.29, 1.82) is 0 Å². The van der Waals surface area contributed by atoms with E-state index in [0.29, 0.717) is 0 Å². The molecule has 0 aliphatic heterocycles. The molecule has 0 aromatic carbocycles. The van der Waals surface area contributed by atoms with Crippen molar-refractivity contribution in [3.63, 3.8) is 0 Å². The molecule has 3 radical (unpaired) electrons. The second-order valence-corrected chi connectivity index (χ2v) is 0. The van der Waals surface area contributed by atoms with E-state index in [2.05, 4.69) is 0 Å². The minimum Gasteiger partial charge on any atom is 0 e. The summed E-state index contributed by atoms with van der Waals surface area (Å²) < 4.78 is 8.39. The molecule has 0 rings (SSSR count). The molecule has 0 saturated heterocycles. The maximum Gasteiger partial charge on any atom is 0 e. The van der Waals surface area contributed by atoms with Crippen molar-refractivity contribution in [2.45, 2.75) is 0 Å². The molecule has 1 nitrogen and oxygen atoms in total. The van der Waals surface area contributed by atoms with Crippen molar-refractivity contribution < 1.29 is 44.5 Å². The van der Waals surface area contributed by atoms with E-state index in [0.717, 1.165) is 0 Å². The van der Waals surface area contributed by atoms with E-state index in [4.69, 9.17) is 2.69 Å². The van der Waals surface area contributed by atoms with Gasteiger partial charge in [0.1, 0.15) is 0 Å². The van der Waals surface area contributed by atoms with Crippen LogP contribution in [0.4, 0.5) is 0 Å². The summed E-state index contributed by atoms with van der Waals surface area (Å²) >= 11 is 0.0556. The van der Waals surface area contributed by atoms with Crippen molar-refractivity contribution in [2.75, 3.05) is 0 Å². The van der Waals surface area contributed by atoms with Crippen molar-refractivity contribution in [3.8, 4) is 0 Å². The van der Waals surface area contributed by atoms with Crippen LogP contribution in [-0.4, -0.2) is 25.8 Å². The van der Waals surface area contributed by atoms with Gasteiger partial charge in [0.25, 0.3) is 0 Å². The van der Waals surface area contributed by atoms with Gasteiger partial charge in [0.15, 0.2) is 0 Å². The first-order valence-electron chi connectivity index (χ1n) is 0.204. The molecular weight excluding hydrogens is 381 g/mol. The second kappa shape index (κ2) is 19.5. The largest absolute Gasteiger partial charge is 0 e. The van der Waals surface area contributed by atoms with E-state index in [1.165, 1.54) is 0 Å². The third kappa shape index (κ3) is 8.94. The van der Waals surface area contributed by atoms with Crippen molar-refractivity contribution >= 4 is 25.8 Å². The standard InChI is InChI=1S/Nb.O.Pb.Zn. The SMILES string of the molecule is [Nb].[O]=[Pb].[Zn]. The number of hydrogen-bond acceptors (Lipinski definition) is 1. The predicted molar refractivity (Wildman–Crippen MR) is 6.44 cm³/mol. The number of hydrogen-bond donors (Lipinski definition) is 0. The molecule has 0 bridgehead atoms. The third-order valence-electron chi connectivity index (χ3n) is 0. The van der Waals surface area contributed by atoms with Crippen LogP contribution < -0.4 is 0 Å². The molecule has 0 amide bonds. The molecule has 0 atom stereocenters. The van der Waals surface area contributed by atoms with E-state index < -0.39 is 0 Å². The molecular formula is NbOPbZn. The fourth-order valence-corrected chi connectivity index (χ4v) is 0. The van der Waals surface area contributed by atoms with Crippen molar-refractivity contribution in [2.24, 2.45) is 0 Å². The summed E-state index contributed by atoms with van der Waals surface area (Å²) in [5, 5.41) is 0. The molecule has 0 aliphatic rings. The van der Waals surface area contributed by atoms with Crippen LogP contribution >= 0.6 is 0 Å². The van der Waals surface area contributed by atoms with Crippen molar-refractivity contribution in [1.82, 2.24) is 0 Å². The zero-order valence-electron chi connectivity index (χ0n) is 2.06. The maximum absolute atomic E-state index is 8.39. The van der Waals surface area contributed by atoms with Gasteiger partial charge in [-0.1, -0.05) is 0 Å². The van der Waals surface area contributed by atoms with Crippen molar-refractivity contribution in [3.05, 3.63) is 0 Å². The normalized spacial score (nSPS) is 1.00. The molecule has 0 aromatic heterocycles. The molecule has 4 heteroatoms. The third-order valence-corrected chi connectivity index (χ3v) is 0. The summed E-state index contributed by atoms with van der Waals surface area (Å²) in [6.07, 6.45) is 0. The van der Waals surface area contributed by atoms with Gasteiger partial charge in [-0.25, -0.2) is 0 Å². The van der Waals surface area contributed by atoms with Gasteiger partial charge < -0.3 is 0 Å². The molecule has 0 heterocycles. The molecule has 0 unspecified atom stereocenters.